The van der Waals surface area contributed by atoms with E-state index in [2.05, 4.69) is 10.1 Å². The Bertz CT molecular complexity index is 1180. The molecule has 1 aliphatic heterocycles. The first-order valence-corrected chi connectivity index (χ1v) is 10.0. The lowest BCUT2D eigenvalue weighted by Crippen LogP contribution is -2.55. The molecule has 0 aliphatic carbocycles. The summed E-state index contributed by atoms with van der Waals surface area (Å²) >= 11 is 0.868. The van der Waals surface area contributed by atoms with Gasteiger partial charge in [0.05, 0.1) is 29.9 Å². The largest absolute Gasteiger partial charge is 0.497 e. The fourth-order valence-electron chi connectivity index (χ4n) is 3.16. The number of benzene rings is 2. The van der Waals surface area contributed by atoms with Gasteiger partial charge in [-0.15, -0.1) is 11.3 Å². The van der Waals surface area contributed by atoms with Gasteiger partial charge in [-0.25, -0.2) is 4.98 Å². The molecule has 1 aliphatic rings. The summed E-state index contributed by atoms with van der Waals surface area (Å²) in [4.78, 5) is 14.4. The summed E-state index contributed by atoms with van der Waals surface area (Å²) in [6, 6.07) is 11.7. The Hall–Kier alpha value is -3.51. The summed E-state index contributed by atoms with van der Waals surface area (Å²) in [5.74, 6) is 0.531. The van der Waals surface area contributed by atoms with E-state index < -0.39 is 23.2 Å². The molecule has 1 atom stereocenters. The van der Waals surface area contributed by atoms with Gasteiger partial charge in [-0.2, -0.15) is 23.3 Å². The number of non-ortho nitro benzene ring substituents is 1. The number of methoxy groups -OCH3 is 1. The fraction of sp³-hybridized carbons (Fsp3) is 0.200. The zero-order valence-electron chi connectivity index (χ0n) is 16.4. The van der Waals surface area contributed by atoms with Crippen LogP contribution >= 0.6 is 11.3 Å². The van der Waals surface area contributed by atoms with Gasteiger partial charge in [0.25, 0.3) is 11.4 Å². The quantitative estimate of drug-likeness (QED) is 0.438. The van der Waals surface area contributed by atoms with Crippen LogP contribution in [-0.2, 0) is 0 Å². The van der Waals surface area contributed by atoms with Crippen LogP contribution in [0.3, 0.4) is 0 Å². The molecule has 0 saturated carbocycles. The van der Waals surface area contributed by atoms with Gasteiger partial charge in [-0.05, 0) is 42.0 Å². The van der Waals surface area contributed by atoms with Gasteiger partial charge in [-0.3, -0.25) is 10.1 Å². The second-order valence-electron chi connectivity index (χ2n) is 6.90. The maximum absolute atomic E-state index is 13.9. The number of hydrazone groups is 1. The number of nitrogens with zero attached hydrogens (tertiary/aromatic N) is 4. The molecule has 2 heterocycles. The Morgan fingerprint density at radius 2 is 1.78 bits per heavy atom. The Morgan fingerprint density at radius 3 is 2.34 bits per heavy atom. The van der Waals surface area contributed by atoms with Crippen molar-refractivity contribution in [3.8, 4) is 17.0 Å². The van der Waals surface area contributed by atoms with Crippen LogP contribution in [-0.4, -0.2) is 39.7 Å². The lowest BCUT2D eigenvalue weighted by atomic mass is 10.0. The molecular weight excluding hydrogens is 449 g/mol. The molecule has 166 valence electrons. The second kappa shape index (κ2) is 7.88. The minimum absolute atomic E-state index is 0.0413. The summed E-state index contributed by atoms with van der Waals surface area (Å²) < 4.78 is 46.7. The van der Waals surface area contributed by atoms with Crippen molar-refractivity contribution in [1.82, 2.24) is 4.98 Å². The van der Waals surface area contributed by atoms with Crippen molar-refractivity contribution in [1.29, 1.82) is 0 Å². The summed E-state index contributed by atoms with van der Waals surface area (Å²) in [5.41, 5.74) is -2.16. The van der Waals surface area contributed by atoms with Gasteiger partial charge >= 0.3 is 6.18 Å². The highest BCUT2D eigenvalue weighted by atomic mass is 32.1. The van der Waals surface area contributed by atoms with Gasteiger partial charge in [0.2, 0.25) is 5.13 Å². The molecule has 1 aromatic heterocycles. The molecule has 0 spiro atoms. The third kappa shape index (κ3) is 3.78. The zero-order valence-corrected chi connectivity index (χ0v) is 17.2. The average molecular weight is 464 g/mol. The number of alkyl halides is 3. The molecule has 0 bridgehead atoms. The minimum atomic E-state index is -5.01. The molecule has 2 aromatic carbocycles. The normalized spacial score (nSPS) is 18.5. The highest BCUT2D eigenvalue weighted by Crippen LogP contribution is 2.45. The highest BCUT2D eigenvalue weighted by molar-refractivity contribution is 7.14. The van der Waals surface area contributed by atoms with E-state index in [1.54, 1.807) is 24.3 Å². The first-order valence-electron chi connectivity index (χ1n) is 9.14. The van der Waals surface area contributed by atoms with Crippen molar-refractivity contribution in [3.63, 3.8) is 0 Å². The third-order valence-electron chi connectivity index (χ3n) is 4.91. The predicted molar refractivity (Wildman–Crippen MR) is 112 cm³/mol. The van der Waals surface area contributed by atoms with Gasteiger partial charge < -0.3 is 9.84 Å². The zero-order chi connectivity index (χ0) is 23.1. The van der Waals surface area contributed by atoms with Crippen LogP contribution in [0.4, 0.5) is 24.0 Å². The highest BCUT2D eigenvalue weighted by Gasteiger charge is 2.62. The van der Waals surface area contributed by atoms with E-state index in [4.69, 9.17) is 4.74 Å². The summed E-state index contributed by atoms with van der Waals surface area (Å²) in [5, 5.41) is 27.3. The van der Waals surface area contributed by atoms with E-state index in [0.29, 0.717) is 27.6 Å². The standard InChI is InChI=1S/C20H15F3N4O4S/c1-31-15-8-4-12(5-9-15)16-10-19(28,20(21,22)23)26(25-16)18-24-17(11-32-18)13-2-6-14(7-3-13)27(29)30/h2-9,11,28H,10H2,1H3. The number of halogens is 3. The number of nitro benzene ring substituents is 1. The van der Waals surface area contributed by atoms with Crippen LogP contribution in [0, 0.1) is 10.1 Å². The van der Waals surface area contributed by atoms with Crippen LogP contribution in [0.15, 0.2) is 59.0 Å². The smallest absolute Gasteiger partial charge is 0.438 e. The molecule has 0 amide bonds. The van der Waals surface area contributed by atoms with Crippen molar-refractivity contribution in [2.24, 2.45) is 5.10 Å². The number of hydrogen-bond acceptors (Lipinski definition) is 8. The summed E-state index contributed by atoms with van der Waals surface area (Å²) in [6.45, 7) is 0. The van der Waals surface area contributed by atoms with E-state index in [1.165, 1.54) is 36.8 Å². The molecule has 3 aromatic rings. The van der Waals surface area contributed by atoms with Crippen molar-refractivity contribution >= 4 is 27.9 Å². The molecular formula is C20H15F3N4O4S. The first kappa shape index (κ1) is 21.7. The van der Waals surface area contributed by atoms with Crippen LogP contribution in [0.25, 0.3) is 11.3 Å². The Balaban J connectivity index is 1.70. The van der Waals surface area contributed by atoms with E-state index in [9.17, 15) is 28.4 Å². The first-order chi connectivity index (χ1) is 15.1. The van der Waals surface area contributed by atoms with Crippen LogP contribution < -0.4 is 9.75 Å². The fourth-order valence-corrected chi connectivity index (χ4v) is 4.01. The maximum atomic E-state index is 13.9. The number of ether oxygens (including phenoxy) is 1. The van der Waals surface area contributed by atoms with Gasteiger partial charge in [0, 0.05) is 23.1 Å². The van der Waals surface area contributed by atoms with E-state index in [-0.39, 0.29) is 16.5 Å². The van der Waals surface area contributed by atoms with E-state index in [0.717, 1.165) is 11.3 Å². The molecule has 32 heavy (non-hydrogen) atoms. The van der Waals surface area contributed by atoms with Crippen LogP contribution in [0.1, 0.15) is 12.0 Å². The Kier molecular flexibility index (Phi) is 5.34. The van der Waals surface area contributed by atoms with Crippen molar-refractivity contribution in [2.75, 3.05) is 12.1 Å². The molecule has 1 N–H and O–H groups in total. The van der Waals surface area contributed by atoms with Crippen molar-refractivity contribution in [2.45, 2.75) is 18.3 Å². The van der Waals surface area contributed by atoms with E-state index in [1.807, 2.05) is 0 Å². The number of rotatable bonds is 5. The molecule has 0 saturated heterocycles. The molecule has 0 fully saturated rings. The monoisotopic (exact) mass is 464 g/mol. The number of nitro groups is 1. The maximum Gasteiger partial charge on any atom is 0.438 e. The van der Waals surface area contributed by atoms with Gasteiger partial charge in [-0.1, -0.05) is 0 Å². The molecule has 4 rings (SSSR count). The van der Waals surface area contributed by atoms with Crippen molar-refractivity contribution in [3.05, 3.63) is 69.6 Å². The topological polar surface area (TPSA) is 101 Å². The van der Waals surface area contributed by atoms with Crippen LogP contribution in [0.2, 0.25) is 0 Å². The van der Waals surface area contributed by atoms with Crippen LogP contribution in [0.5, 0.6) is 5.75 Å². The third-order valence-corrected chi connectivity index (χ3v) is 5.73. The average Bonchev–Trinajstić information content (AvgIpc) is 3.39. The van der Waals surface area contributed by atoms with Gasteiger partial charge in [0.1, 0.15) is 5.75 Å². The molecule has 12 heteroatoms. The Morgan fingerprint density at radius 1 is 1.16 bits per heavy atom. The lowest BCUT2D eigenvalue weighted by molar-refractivity contribution is -0.384. The summed E-state index contributed by atoms with van der Waals surface area (Å²) in [7, 11) is 1.47. The second-order valence-corrected chi connectivity index (χ2v) is 7.73. The van der Waals surface area contributed by atoms with Crippen molar-refractivity contribution < 1.29 is 27.9 Å². The number of aliphatic hydroxyl groups is 1. The molecule has 0 radical (unpaired) electrons. The minimum Gasteiger partial charge on any atom is -0.497 e. The van der Waals surface area contributed by atoms with E-state index >= 15 is 0 Å². The number of thiazole rings is 1. The number of anilines is 1. The molecule has 1 unspecified atom stereocenters. The predicted octanol–water partition coefficient (Wildman–Crippen LogP) is 4.59. The number of aromatic nitrogens is 1. The van der Waals surface area contributed by atoms with Gasteiger partial charge in [0.15, 0.2) is 0 Å². The Labute approximate surface area is 183 Å². The molecule has 8 nitrogen and oxygen atoms in total. The number of hydrogen-bond donors (Lipinski definition) is 1. The lowest BCUT2D eigenvalue weighted by Gasteiger charge is -2.32. The SMILES string of the molecule is COc1ccc(C2=NN(c3nc(-c4ccc([N+](=O)[O-])cc4)cs3)C(O)(C(F)(F)F)C2)cc1. The summed E-state index contributed by atoms with van der Waals surface area (Å²) in [6.07, 6.45) is -5.79.